The molecule has 1 heterocycles. The summed E-state index contributed by atoms with van der Waals surface area (Å²) in [7, 11) is 2.11. The number of aromatic nitrogens is 2. The van der Waals surface area contributed by atoms with Crippen molar-refractivity contribution in [3.05, 3.63) is 29.6 Å². The number of hydrogen-bond acceptors (Lipinski definition) is 3. The van der Waals surface area contributed by atoms with Crippen molar-refractivity contribution in [1.29, 1.82) is 0 Å². The van der Waals surface area contributed by atoms with Gasteiger partial charge in [-0.15, -0.1) is 0 Å². The largest absolute Gasteiger partial charge is 0.478 e. The van der Waals surface area contributed by atoms with Crippen LogP contribution in [0.5, 0.6) is 0 Å². The third-order valence-corrected chi connectivity index (χ3v) is 3.95. The molecule has 0 aliphatic rings. The quantitative estimate of drug-likeness (QED) is 0.888. The highest BCUT2D eigenvalue weighted by Gasteiger charge is 2.13. The number of hydrogen-bond donors (Lipinski definition) is 1. The van der Waals surface area contributed by atoms with Crippen molar-refractivity contribution in [2.45, 2.75) is 39.8 Å². The van der Waals surface area contributed by atoms with E-state index in [9.17, 15) is 4.79 Å². The number of rotatable bonds is 6. The predicted molar refractivity (Wildman–Crippen MR) is 83.8 cm³/mol. The van der Waals surface area contributed by atoms with Gasteiger partial charge in [-0.2, -0.15) is 0 Å². The Morgan fingerprint density at radius 2 is 2.14 bits per heavy atom. The third-order valence-electron chi connectivity index (χ3n) is 3.95. The Bertz CT molecular complexity index is 646. The molecule has 0 fully saturated rings. The van der Waals surface area contributed by atoms with Gasteiger partial charge in [0.05, 0.1) is 16.6 Å². The first-order valence-electron chi connectivity index (χ1n) is 7.36. The minimum Gasteiger partial charge on any atom is -0.478 e. The molecule has 1 N–H and O–H groups in total. The Labute approximate surface area is 125 Å². The number of likely N-dealkylation sites (N-methyl/N-ethyl adjacent to an activating group) is 1. The van der Waals surface area contributed by atoms with Crippen LogP contribution in [0.2, 0.25) is 0 Å². The van der Waals surface area contributed by atoms with Crippen LogP contribution >= 0.6 is 0 Å². The highest BCUT2D eigenvalue weighted by Crippen LogP contribution is 2.19. The van der Waals surface area contributed by atoms with E-state index in [-0.39, 0.29) is 5.56 Å². The van der Waals surface area contributed by atoms with Crippen molar-refractivity contribution in [2.24, 2.45) is 0 Å². The lowest BCUT2D eigenvalue weighted by Crippen LogP contribution is -2.30. The monoisotopic (exact) mass is 289 g/mol. The van der Waals surface area contributed by atoms with E-state index >= 15 is 0 Å². The summed E-state index contributed by atoms with van der Waals surface area (Å²) in [5.74, 6) is 0.0914. The van der Waals surface area contributed by atoms with Crippen molar-refractivity contribution in [3.8, 4) is 0 Å². The smallest absolute Gasteiger partial charge is 0.335 e. The van der Waals surface area contributed by atoms with Gasteiger partial charge in [0.25, 0.3) is 0 Å². The lowest BCUT2D eigenvalue weighted by atomic mass is 10.2. The summed E-state index contributed by atoms with van der Waals surface area (Å²) in [6, 6.07) is 5.66. The summed E-state index contributed by atoms with van der Waals surface area (Å²) in [4.78, 5) is 17.9. The molecule has 1 aromatic carbocycles. The van der Waals surface area contributed by atoms with Crippen LogP contribution < -0.4 is 0 Å². The number of carbonyl (C=O) groups is 1. The van der Waals surface area contributed by atoms with Crippen molar-refractivity contribution in [1.82, 2.24) is 14.5 Å². The van der Waals surface area contributed by atoms with E-state index in [0.29, 0.717) is 6.04 Å². The molecule has 0 unspecified atom stereocenters. The highest BCUT2D eigenvalue weighted by molar-refractivity contribution is 5.92. The molecule has 0 atom stereocenters. The third kappa shape index (κ3) is 3.24. The number of benzene rings is 1. The Kier molecular flexibility index (Phi) is 4.63. The fourth-order valence-electron chi connectivity index (χ4n) is 2.35. The molecular weight excluding hydrogens is 266 g/mol. The van der Waals surface area contributed by atoms with E-state index in [1.165, 1.54) is 0 Å². The van der Waals surface area contributed by atoms with Gasteiger partial charge in [-0.1, -0.05) is 6.92 Å². The first kappa shape index (κ1) is 15.5. The summed E-state index contributed by atoms with van der Waals surface area (Å²) < 4.78 is 2.19. The van der Waals surface area contributed by atoms with E-state index in [2.05, 4.69) is 42.3 Å². The summed E-state index contributed by atoms with van der Waals surface area (Å²) >= 11 is 0. The zero-order chi connectivity index (χ0) is 15.6. The van der Waals surface area contributed by atoms with Crippen LogP contribution in [0.25, 0.3) is 11.0 Å². The number of aryl methyl sites for hydroxylation is 1. The zero-order valence-corrected chi connectivity index (χ0v) is 13.1. The fraction of sp³-hybridized carbons (Fsp3) is 0.500. The van der Waals surface area contributed by atoms with Crippen LogP contribution in [-0.2, 0) is 13.0 Å². The maximum atomic E-state index is 11.1. The van der Waals surface area contributed by atoms with E-state index in [1.807, 2.05) is 6.07 Å². The van der Waals surface area contributed by atoms with E-state index in [1.54, 1.807) is 12.1 Å². The average molecular weight is 289 g/mol. The minimum atomic E-state index is -0.913. The molecule has 1 aromatic heterocycles. The number of carboxylic acids is 1. The molecular formula is C16H23N3O2. The lowest BCUT2D eigenvalue weighted by Gasteiger charge is -2.21. The molecule has 0 radical (unpaired) electrons. The van der Waals surface area contributed by atoms with Crippen LogP contribution in [0, 0.1) is 0 Å². The molecule has 0 amide bonds. The fourth-order valence-corrected chi connectivity index (χ4v) is 2.35. The van der Waals surface area contributed by atoms with Gasteiger partial charge in [-0.05, 0) is 39.1 Å². The van der Waals surface area contributed by atoms with Gasteiger partial charge in [0.2, 0.25) is 0 Å². The Hall–Kier alpha value is -1.88. The van der Waals surface area contributed by atoms with Crippen LogP contribution in [0.1, 0.15) is 37.0 Å². The number of carboxylic acid groups (broad SMARTS) is 1. The van der Waals surface area contributed by atoms with Gasteiger partial charge >= 0.3 is 5.97 Å². The number of imidazole rings is 1. The summed E-state index contributed by atoms with van der Waals surface area (Å²) in [5.41, 5.74) is 2.06. The summed E-state index contributed by atoms with van der Waals surface area (Å²) in [6.45, 7) is 8.22. The molecule has 21 heavy (non-hydrogen) atoms. The van der Waals surface area contributed by atoms with Gasteiger partial charge in [-0.3, -0.25) is 0 Å². The van der Waals surface area contributed by atoms with Crippen LogP contribution in [0.3, 0.4) is 0 Å². The first-order chi connectivity index (χ1) is 9.93. The van der Waals surface area contributed by atoms with Crippen molar-refractivity contribution >= 4 is 17.0 Å². The summed E-state index contributed by atoms with van der Waals surface area (Å²) in [6.07, 6.45) is 0.836. The molecule has 0 aliphatic carbocycles. The average Bonchev–Trinajstić information content (AvgIpc) is 2.81. The molecule has 0 saturated heterocycles. The molecule has 114 valence electrons. The van der Waals surface area contributed by atoms with Crippen molar-refractivity contribution < 1.29 is 9.90 Å². The van der Waals surface area contributed by atoms with Crippen molar-refractivity contribution in [3.63, 3.8) is 0 Å². The van der Waals surface area contributed by atoms with Crippen LogP contribution in [0.4, 0.5) is 0 Å². The van der Waals surface area contributed by atoms with Gasteiger partial charge in [0, 0.05) is 25.6 Å². The molecule has 2 aromatic rings. The topological polar surface area (TPSA) is 58.4 Å². The van der Waals surface area contributed by atoms with Gasteiger partial charge < -0.3 is 14.6 Å². The first-order valence-corrected chi connectivity index (χ1v) is 7.36. The Morgan fingerprint density at radius 3 is 2.71 bits per heavy atom. The van der Waals surface area contributed by atoms with E-state index in [4.69, 9.17) is 5.11 Å². The molecule has 2 rings (SSSR count). The molecule has 0 spiro atoms. The molecule has 0 saturated carbocycles. The minimum absolute atomic E-state index is 0.286. The maximum Gasteiger partial charge on any atom is 0.335 e. The lowest BCUT2D eigenvalue weighted by molar-refractivity contribution is 0.0697. The molecule has 0 aliphatic heterocycles. The second-order valence-electron chi connectivity index (χ2n) is 5.62. The second kappa shape index (κ2) is 6.26. The predicted octanol–water partition coefficient (Wildman–Crippen LogP) is 2.64. The maximum absolute atomic E-state index is 11.1. The Morgan fingerprint density at radius 1 is 1.43 bits per heavy atom. The SMILES string of the molecule is CCc1nc2cc(C(=O)O)ccc2n1CCN(C)C(C)C. The standard InChI is InChI=1S/C16H23N3O2/c1-5-15-17-13-10-12(16(20)21)6-7-14(13)19(15)9-8-18(4)11(2)3/h6-7,10-11H,5,8-9H2,1-4H3,(H,20,21). The molecule has 5 nitrogen and oxygen atoms in total. The highest BCUT2D eigenvalue weighted by atomic mass is 16.4. The number of nitrogens with zero attached hydrogens (tertiary/aromatic N) is 3. The Balaban J connectivity index is 2.35. The van der Waals surface area contributed by atoms with Crippen LogP contribution in [0.15, 0.2) is 18.2 Å². The van der Waals surface area contributed by atoms with Gasteiger partial charge in [0.15, 0.2) is 0 Å². The van der Waals surface area contributed by atoms with Crippen LogP contribution in [-0.4, -0.2) is 45.2 Å². The van der Waals surface area contributed by atoms with Gasteiger partial charge in [0.1, 0.15) is 5.82 Å². The van der Waals surface area contributed by atoms with Gasteiger partial charge in [-0.25, -0.2) is 9.78 Å². The zero-order valence-electron chi connectivity index (χ0n) is 13.1. The van der Waals surface area contributed by atoms with E-state index < -0.39 is 5.97 Å². The van der Waals surface area contributed by atoms with Crippen molar-refractivity contribution in [2.75, 3.05) is 13.6 Å². The van der Waals surface area contributed by atoms with E-state index in [0.717, 1.165) is 36.4 Å². The second-order valence-corrected chi connectivity index (χ2v) is 5.62. The normalized spacial score (nSPS) is 11.7. The number of aromatic carboxylic acids is 1. The molecule has 5 heteroatoms. The summed E-state index contributed by atoms with van der Waals surface area (Å²) in [5, 5.41) is 9.07. The number of fused-ring (bicyclic) bond motifs is 1. The molecule has 0 bridgehead atoms.